The summed E-state index contributed by atoms with van der Waals surface area (Å²) in [5.74, 6) is -5.55. The Hall–Kier alpha value is -5.48. The molecule has 5 aliphatic carbocycles. The SMILES string of the molecule is C=C1/C(=C\C=C2/CCC[C@]3(C)[C@@H]([C@H](C)CCCC(C)(C)O)CC[C@@H]23)C[C@@H](O)C[C@@H]1O.CCCCC(=O)OCC(=O)[C@]1(O)Cc2c(O)c3c(c(O)c2[C@@H](O[C@H]2C[C@H](NC(=O)C(F)(F)F)[C@H](O)[C@H](C)O2)C1)C(=O)c1c(OC)cccc1C3=O. The molecule has 81 heavy (non-hydrogen) atoms. The summed E-state index contributed by atoms with van der Waals surface area (Å²) in [7, 11) is 1.25. The van der Waals surface area contributed by atoms with Crippen LogP contribution in [0.2, 0.25) is 0 Å². The van der Waals surface area contributed by atoms with Gasteiger partial charge in [0.05, 0.1) is 59.9 Å². The highest BCUT2D eigenvalue weighted by Crippen LogP contribution is 2.60. The Morgan fingerprint density at radius 3 is 2.37 bits per heavy atom. The number of Topliss-reactive ketones (excluding diaryl/α,β-unsaturated/α-hetero) is 1. The average molecular weight is 1140 g/mol. The van der Waals surface area contributed by atoms with E-state index in [0.717, 1.165) is 29.9 Å². The molecule has 0 aromatic heterocycles. The van der Waals surface area contributed by atoms with Crippen LogP contribution >= 0.6 is 0 Å². The maximum Gasteiger partial charge on any atom is 0.471 e. The number of allylic oxidation sites excluding steroid dienone is 3. The number of amides is 1. The van der Waals surface area contributed by atoms with E-state index in [2.05, 4.69) is 32.6 Å². The highest BCUT2D eigenvalue weighted by atomic mass is 19.4. The molecular formula is C61H80F3NO16. The second-order valence-electron chi connectivity index (χ2n) is 24.0. The minimum atomic E-state index is -5.29. The molecule has 2 aromatic rings. The van der Waals surface area contributed by atoms with Crippen molar-refractivity contribution in [1.82, 2.24) is 5.32 Å². The minimum absolute atomic E-state index is 0.00489. The van der Waals surface area contributed by atoms with Crippen LogP contribution in [-0.2, 0) is 35.0 Å². The zero-order valence-corrected chi connectivity index (χ0v) is 47.3. The third-order valence-corrected chi connectivity index (χ3v) is 17.7. The first-order chi connectivity index (χ1) is 37.9. The molecule has 3 saturated carbocycles. The van der Waals surface area contributed by atoms with Crippen LogP contribution in [0.5, 0.6) is 17.2 Å². The Labute approximate surface area is 470 Å². The molecule has 0 bridgehead atoms. The van der Waals surface area contributed by atoms with Gasteiger partial charge in [0.2, 0.25) is 11.6 Å². The Bertz CT molecular complexity index is 2800. The summed E-state index contributed by atoms with van der Waals surface area (Å²) in [5, 5.41) is 77.4. The second kappa shape index (κ2) is 25.2. The second-order valence-corrected chi connectivity index (χ2v) is 24.0. The number of aliphatic hydroxyl groups is 5. The van der Waals surface area contributed by atoms with Gasteiger partial charge in [0.1, 0.15) is 29.0 Å². The Balaban J connectivity index is 0.000000268. The summed E-state index contributed by atoms with van der Waals surface area (Å²) in [4.78, 5) is 64.9. The normalized spacial score (nSPS) is 30.6. The lowest BCUT2D eigenvalue weighted by Gasteiger charge is -2.44. The largest absolute Gasteiger partial charge is 0.507 e. The number of esters is 1. The fourth-order valence-corrected chi connectivity index (χ4v) is 13.4. The summed E-state index contributed by atoms with van der Waals surface area (Å²) in [6.45, 7) is 15.0. The molecule has 8 rings (SSSR count). The maximum absolute atomic E-state index is 13.9. The van der Waals surface area contributed by atoms with Crippen LogP contribution in [0, 0.1) is 23.2 Å². The third kappa shape index (κ3) is 13.6. The van der Waals surface area contributed by atoms with Crippen molar-refractivity contribution >= 4 is 29.2 Å². The first kappa shape index (κ1) is 63.1. The number of carbonyl (C=O) groups excluding carboxylic acids is 5. The van der Waals surface area contributed by atoms with Gasteiger partial charge in [-0.25, -0.2) is 0 Å². The number of ketones is 3. The average Bonchev–Trinajstić information content (AvgIpc) is 3.93. The maximum atomic E-state index is 13.9. The predicted molar refractivity (Wildman–Crippen MR) is 289 cm³/mol. The van der Waals surface area contributed by atoms with E-state index in [1.165, 1.54) is 70.8 Å². The summed E-state index contributed by atoms with van der Waals surface area (Å²) in [6, 6.07) is 2.58. The molecule has 0 spiro atoms. The van der Waals surface area contributed by atoms with Crippen LogP contribution in [0.15, 0.2) is 53.6 Å². The number of aromatic hydroxyl groups is 2. The van der Waals surface area contributed by atoms with Crippen LogP contribution in [0.25, 0.3) is 0 Å². The molecule has 2 aromatic carbocycles. The number of hydrogen-bond donors (Lipinski definition) is 8. The van der Waals surface area contributed by atoms with E-state index in [1.807, 2.05) is 20.8 Å². The minimum Gasteiger partial charge on any atom is -0.507 e. The van der Waals surface area contributed by atoms with Gasteiger partial charge in [-0.3, -0.25) is 24.0 Å². The number of carbonyl (C=O) groups is 5. The molecule has 6 aliphatic rings. The van der Waals surface area contributed by atoms with Gasteiger partial charge < -0.3 is 60.0 Å². The number of fused-ring (bicyclic) bond motifs is 4. The molecule has 1 aliphatic heterocycles. The zero-order valence-electron chi connectivity index (χ0n) is 47.3. The van der Waals surface area contributed by atoms with E-state index in [9.17, 15) is 72.9 Å². The molecule has 17 nitrogen and oxygen atoms in total. The highest BCUT2D eigenvalue weighted by Gasteiger charge is 2.53. The lowest BCUT2D eigenvalue weighted by molar-refractivity contribution is -0.250. The number of aliphatic hydroxyl groups excluding tert-OH is 3. The van der Waals surface area contributed by atoms with E-state index < -0.39 is 138 Å². The number of rotatable bonds is 16. The van der Waals surface area contributed by atoms with Crippen molar-refractivity contribution in [3.05, 3.63) is 87.0 Å². The first-order valence-corrected chi connectivity index (χ1v) is 28.3. The van der Waals surface area contributed by atoms with Gasteiger partial charge >= 0.3 is 18.1 Å². The van der Waals surface area contributed by atoms with Crippen molar-refractivity contribution in [2.45, 2.75) is 205 Å². The highest BCUT2D eigenvalue weighted by molar-refractivity contribution is 6.31. The van der Waals surface area contributed by atoms with Gasteiger partial charge in [0.25, 0.3) is 0 Å². The lowest BCUT2D eigenvalue weighted by atomic mass is 9.60. The molecule has 1 heterocycles. The molecule has 4 fully saturated rings. The topological polar surface area (TPSA) is 276 Å². The number of benzene rings is 2. The molecule has 1 saturated heterocycles. The third-order valence-electron chi connectivity index (χ3n) is 17.7. The number of nitrogens with one attached hydrogen (secondary N) is 1. The van der Waals surface area contributed by atoms with E-state index in [0.29, 0.717) is 42.9 Å². The van der Waals surface area contributed by atoms with Crippen molar-refractivity contribution in [2.24, 2.45) is 23.2 Å². The fraction of sp³-hybridized carbons (Fsp3) is 0.623. The van der Waals surface area contributed by atoms with Crippen molar-refractivity contribution in [3.8, 4) is 17.2 Å². The van der Waals surface area contributed by atoms with E-state index in [4.69, 9.17) is 18.9 Å². The van der Waals surface area contributed by atoms with Crippen molar-refractivity contribution in [3.63, 3.8) is 0 Å². The molecule has 446 valence electrons. The molecule has 0 radical (unpaired) electrons. The Kier molecular flexibility index (Phi) is 19.6. The van der Waals surface area contributed by atoms with E-state index in [1.54, 1.807) is 10.9 Å². The molecule has 0 unspecified atom stereocenters. The van der Waals surface area contributed by atoms with Gasteiger partial charge in [0, 0.05) is 48.8 Å². The number of halogens is 3. The van der Waals surface area contributed by atoms with Crippen LogP contribution in [-0.4, -0.2) is 133 Å². The number of phenols is 2. The number of alkyl halides is 3. The van der Waals surface area contributed by atoms with Gasteiger partial charge in [-0.2, -0.15) is 13.2 Å². The van der Waals surface area contributed by atoms with Crippen molar-refractivity contribution < 1.29 is 91.8 Å². The monoisotopic (exact) mass is 1140 g/mol. The number of methoxy groups -OCH3 is 1. The van der Waals surface area contributed by atoms with E-state index in [-0.39, 0.29) is 34.4 Å². The Morgan fingerprint density at radius 2 is 1.70 bits per heavy atom. The van der Waals surface area contributed by atoms with Crippen molar-refractivity contribution in [1.29, 1.82) is 0 Å². The van der Waals surface area contributed by atoms with Crippen molar-refractivity contribution in [2.75, 3.05) is 13.7 Å². The number of phenolic OH excluding ortho intramolecular Hbond substituents is 2. The molecular weight excluding hydrogens is 1060 g/mol. The number of unbranched alkanes of at least 4 members (excludes halogenated alkanes) is 1. The fourth-order valence-electron chi connectivity index (χ4n) is 13.4. The zero-order chi connectivity index (χ0) is 59.7. The lowest BCUT2D eigenvalue weighted by Crippen LogP contribution is -2.57. The van der Waals surface area contributed by atoms with Crippen LogP contribution < -0.4 is 10.1 Å². The molecule has 20 heteroatoms. The predicted octanol–water partition coefficient (Wildman–Crippen LogP) is 8.17. The summed E-state index contributed by atoms with van der Waals surface area (Å²) in [5.41, 5.74) is -1.68. The van der Waals surface area contributed by atoms with E-state index >= 15 is 0 Å². The van der Waals surface area contributed by atoms with Crippen LogP contribution in [0.3, 0.4) is 0 Å². The van der Waals surface area contributed by atoms with Gasteiger partial charge in [0.15, 0.2) is 18.7 Å². The molecule has 12 atom stereocenters. The summed E-state index contributed by atoms with van der Waals surface area (Å²) >= 11 is 0. The van der Waals surface area contributed by atoms with Gasteiger partial charge in [-0.1, -0.05) is 76.5 Å². The smallest absolute Gasteiger partial charge is 0.471 e. The summed E-state index contributed by atoms with van der Waals surface area (Å²) in [6.07, 6.45) is 1.52. The summed E-state index contributed by atoms with van der Waals surface area (Å²) < 4.78 is 61.1. The van der Waals surface area contributed by atoms with Crippen LogP contribution in [0.1, 0.15) is 187 Å². The standard InChI is InChI=1S/C34H36F3NO13.C27H44O3/c1-4-5-9-21(40)49-13-20(39)33(47)11-16-24(19(12-33)51-22-10-17(27(41)14(2)50-22)38-32(46)34(35,36)37)31(45)26-25(29(16)43)28(42)15-7-6-8-18(48-3)23(15)30(26)44;1-18(8-6-14-26(3,4)30)23-12-13-24-20(9-7-15-27(23,24)5)10-11-21-16-22(28)17-25(29)19(21)2/h6-8,14,17,19,22,27,41,43,45,47H,4-5,9-13H2,1-3H3,(H,38,46);10-11,18,22-25,28-30H,2,6-9,12-17H2,1,3-5H3/b;20-10+,21-11-/t14-,17-,19-,22-,27+,33-;18-,22-,23-,24+,25+,27-/m01/s1. The first-order valence-electron chi connectivity index (χ1n) is 28.3. The Morgan fingerprint density at radius 1 is 1.00 bits per heavy atom. The molecule has 1 amide bonds. The quantitative estimate of drug-likeness (QED) is 0.0496. The molecule has 8 N–H and O–H groups in total. The number of ether oxygens (including phenoxy) is 4. The van der Waals surface area contributed by atoms with Crippen LogP contribution in [0.4, 0.5) is 13.2 Å². The number of hydrogen-bond acceptors (Lipinski definition) is 16. The van der Waals surface area contributed by atoms with Gasteiger partial charge in [-0.15, -0.1) is 0 Å². The van der Waals surface area contributed by atoms with Gasteiger partial charge in [-0.05, 0) is 113 Å².